The number of aromatic nitrogens is 1. The number of rotatable bonds is 8. The summed E-state index contributed by atoms with van der Waals surface area (Å²) in [7, 11) is -3.28. The summed E-state index contributed by atoms with van der Waals surface area (Å²) in [6.07, 6.45) is 5.16. The molecule has 1 N–H and O–H groups in total. The molecule has 0 bridgehead atoms. The first-order valence-electron chi connectivity index (χ1n) is 13.0. The maximum absolute atomic E-state index is 13.1. The van der Waals surface area contributed by atoms with Crippen molar-refractivity contribution in [2.24, 2.45) is 16.7 Å². The number of carbonyl (C=O) groups excluding carboxylic acids is 1. The number of anilines is 1. The Morgan fingerprint density at radius 1 is 1.16 bits per heavy atom. The molecule has 10 heteroatoms. The summed E-state index contributed by atoms with van der Waals surface area (Å²) in [5.74, 6) is -0.0642. The average Bonchev–Trinajstić information content (AvgIpc) is 3.21. The molecular formula is C27H39FN4O3S2. The van der Waals surface area contributed by atoms with Crippen LogP contribution in [0.15, 0.2) is 30.5 Å². The Kier molecular flexibility index (Phi) is 8.43. The Hall–Kier alpha value is -1.88. The standard InChI is InChI=1S/C27H39FN4O3S2/c1-20(2)16-37(34,35)32-18-26(3,4)17-27(19-32)9-11-31(12-10-27)15-24(33)30-25-29-14-23(36-25)13-21-5-7-22(28)8-6-21/h5-8,14,20H,9-13,15-19H2,1-4H3,(H,29,30,33). The Morgan fingerprint density at radius 3 is 2.49 bits per heavy atom. The lowest BCUT2D eigenvalue weighted by Gasteiger charge is -2.52. The molecule has 204 valence electrons. The van der Waals surface area contributed by atoms with Gasteiger partial charge in [-0.1, -0.05) is 39.8 Å². The number of hydrogen-bond acceptors (Lipinski definition) is 6. The van der Waals surface area contributed by atoms with Crippen molar-refractivity contribution in [2.45, 2.75) is 53.4 Å². The van der Waals surface area contributed by atoms with Gasteiger partial charge >= 0.3 is 0 Å². The lowest BCUT2D eigenvalue weighted by molar-refractivity contribution is -0.118. The highest BCUT2D eigenvalue weighted by molar-refractivity contribution is 7.89. The lowest BCUT2D eigenvalue weighted by atomic mass is 9.65. The van der Waals surface area contributed by atoms with Crippen molar-refractivity contribution < 1.29 is 17.6 Å². The number of benzene rings is 1. The minimum Gasteiger partial charge on any atom is -0.301 e. The third kappa shape index (κ3) is 7.59. The van der Waals surface area contributed by atoms with Gasteiger partial charge < -0.3 is 5.32 Å². The zero-order valence-electron chi connectivity index (χ0n) is 22.3. The molecule has 2 aliphatic rings. The number of halogens is 1. The molecule has 0 saturated carbocycles. The monoisotopic (exact) mass is 550 g/mol. The van der Waals surface area contributed by atoms with Crippen LogP contribution in [0.25, 0.3) is 0 Å². The van der Waals surface area contributed by atoms with Gasteiger partial charge in [0.05, 0.1) is 12.3 Å². The number of thiazole rings is 1. The van der Waals surface area contributed by atoms with Gasteiger partial charge in [-0.3, -0.25) is 9.69 Å². The zero-order valence-corrected chi connectivity index (χ0v) is 23.9. The normalized spacial score (nSPS) is 20.4. The molecule has 1 aromatic heterocycles. The SMILES string of the molecule is CC(C)CS(=O)(=O)N1CC(C)(C)CC2(CCN(CC(=O)Nc3ncc(Cc4ccc(F)cc4)s3)CC2)C1. The Balaban J connectivity index is 1.30. The summed E-state index contributed by atoms with van der Waals surface area (Å²) in [5.41, 5.74) is 0.883. The third-order valence-corrected chi connectivity index (χ3v) is 10.3. The smallest absolute Gasteiger partial charge is 0.240 e. The van der Waals surface area contributed by atoms with Gasteiger partial charge in [0.1, 0.15) is 5.82 Å². The fraction of sp³-hybridized carbons (Fsp3) is 0.630. The van der Waals surface area contributed by atoms with E-state index in [-0.39, 0.29) is 34.2 Å². The Labute approximate surface area is 224 Å². The van der Waals surface area contributed by atoms with Gasteiger partial charge in [0.25, 0.3) is 0 Å². The molecule has 37 heavy (non-hydrogen) atoms. The summed E-state index contributed by atoms with van der Waals surface area (Å²) in [6.45, 7) is 11.2. The molecule has 2 saturated heterocycles. The number of amides is 1. The third-order valence-electron chi connectivity index (χ3n) is 7.28. The second-order valence-corrected chi connectivity index (χ2v) is 15.2. The van der Waals surface area contributed by atoms with E-state index < -0.39 is 10.0 Å². The molecule has 3 heterocycles. The van der Waals surface area contributed by atoms with Gasteiger partial charge in [-0.05, 0) is 66.8 Å². The molecule has 1 amide bonds. The summed E-state index contributed by atoms with van der Waals surface area (Å²) < 4.78 is 41.0. The maximum atomic E-state index is 13.1. The molecule has 2 fully saturated rings. The van der Waals surface area contributed by atoms with E-state index >= 15 is 0 Å². The highest BCUT2D eigenvalue weighted by atomic mass is 32.2. The van der Waals surface area contributed by atoms with E-state index in [0.29, 0.717) is 31.2 Å². The first kappa shape index (κ1) is 28.1. The van der Waals surface area contributed by atoms with Crippen LogP contribution < -0.4 is 5.32 Å². The van der Waals surface area contributed by atoms with Crippen LogP contribution in [0.3, 0.4) is 0 Å². The fourth-order valence-electron chi connectivity index (χ4n) is 5.89. The van der Waals surface area contributed by atoms with Crippen molar-refractivity contribution in [2.75, 3.05) is 43.8 Å². The molecule has 1 aromatic carbocycles. The number of likely N-dealkylation sites (tertiary alicyclic amines) is 1. The minimum absolute atomic E-state index is 0.0384. The quantitative estimate of drug-likeness (QED) is 0.519. The number of hydrogen-bond donors (Lipinski definition) is 1. The van der Waals surface area contributed by atoms with Crippen molar-refractivity contribution in [3.63, 3.8) is 0 Å². The number of nitrogens with one attached hydrogen (secondary N) is 1. The van der Waals surface area contributed by atoms with Gasteiger partial charge in [-0.2, -0.15) is 0 Å². The molecular weight excluding hydrogens is 511 g/mol. The van der Waals surface area contributed by atoms with Crippen LogP contribution in [0.4, 0.5) is 9.52 Å². The molecule has 4 rings (SSSR count). The van der Waals surface area contributed by atoms with Crippen molar-refractivity contribution in [3.8, 4) is 0 Å². The zero-order chi connectivity index (χ0) is 26.8. The van der Waals surface area contributed by atoms with E-state index in [1.807, 2.05) is 13.8 Å². The van der Waals surface area contributed by atoms with Crippen LogP contribution >= 0.6 is 11.3 Å². The molecule has 0 radical (unpaired) electrons. The van der Waals surface area contributed by atoms with Crippen LogP contribution in [0.2, 0.25) is 0 Å². The summed E-state index contributed by atoms with van der Waals surface area (Å²) >= 11 is 1.43. The molecule has 2 aromatic rings. The van der Waals surface area contributed by atoms with Gasteiger partial charge in [0.15, 0.2) is 5.13 Å². The summed E-state index contributed by atoms with van der Waals surface area (Å²) in [6, 6.07) is 6.39. The Morgan fingerprint density at radius 2 is 1.84 bits per heavy atom. The van der Waals surface area contributed by atoms with E-state index in [0.717, 1.165) is 42.8 Å². The predicted molar refractivity (Wildman–Crippen MR) is 147 cm³/mol. The van der Waals surface area contributed by atoms with E-state index in [4.69, 9.17) is 0 Å². The fourth-order valence-corrected chi connectivity index (χ4v) is 8.82. The number of carbonyl (C=O) groups is 1. The largest absolute Gasteiger partial charge is 0.301 e. The first-order chi connectivity index (χ1) is 17.3. The number of nitrogens with zero attached hydrogens (tertiary/aromatic N) is 3. The lowest BCUT2D eigenvalue weighted by Crippen LogP contribution is -2.56. The van der Waals surface area contributed by atoms with Crippen LogP contribution in [-0.4, -0.2) is 67.0 Å². The van der Waals surface area contributed by atoms with Crippen LogP contribution in [0.5, 0.6) is 0 Å². The number of piperidine rings is 2. The van der Waals surface area contributed by atoms with Crippen molar-refractivity contribution >= 4 is 32.4 Å². The van der Waals surface area contributed by atoms with Gasteiger partial charge in [0, 0.05) is 30.6 Å². The maximum Gasteiger partial charge on any atom is 0.240 e. The Bertz CT molecular complexity index is 1190. The molecule has 7 nitrogen and oxygen atoms in total. The van der Waals surface area contributed by atoms with E-state index in [9.17, 15) is 17.6 Å². The van der Waals surface area contributed by atoms with E-state index in [2.05, 4.69) is 29.0 Å². The average molecular weight is 551 g/mol. The predicted octanol–water partition coefficient (Wildman–Crippen LogP) is 4.61. The van der Waals surface area contributed by atoms with Crippen molar-refractivity contribution in [1.82, 2.24) is 14.2 Å². The topological polar surface area (TPSA) is 82.6 Å². The van der Waals surface area contributed by atoms with Gasteiger partial charge in [-0.25, -0.2) is 22.1 Å². The second kappa shape index (κ2) is 11.1. The van der Waals surface area contributed by atoms with E-state index in [1.165, 1.54) is 23.5 Å². The van der Waals surface area contributed by atoms with Crippen molar-refractivity contribution in [3.05, 3.63) is 46.7 Å². The van der Waals surface area contributed by atoms with Crippen LogP contribution in [0.1, 0.15) is 57.4 Å². The van der Waals surface area contributed by atoms with Crippen molar-refractivity contribution in [1.29, 1.82) is 0 Å². The van der Waals surface area contributed by atoms with Crippen LogP contribution in [0, 0.1) is 22.6 Å². The molecule has 1 spiro atoms. The highest BCUT2D eigenvalue weighted by Gasteiger charge is 2.47. The van der Waals surface area contributed by atoms with Crippen LogP contribution in [-0.2, 0) is 21.2 Å². The number of sulfonamides is 1. The summed E-state index contributed by atoms with van der Waals surface area (Å²) in [4.78, 5) is 20.2. The minimum atomic E-state index is -3.28. The highest BCUT2D eigenvalue weighted by Crippen LogP contribution is 2.47. The molecule has 2 aliphatic heterocycles. The van der Waals surface area contributed by atoms with Gasteiger partial charge in [-0.15, -0.1) is 11.3 Å². The summed E-state index contributed by atoms with van der Waals surface area (Å²) in [5, 5.41) is 3.48. The van der Waals surface area contributed by atoms with Gasteiger partial charge in [0.2, 0.25) is 15.9 Å². The first-order valence-corrected chi connectivity index (χ1v) is 15.4. The molecule has 0 atom stereocenters. The molecule has 0 unspecified atom stereocenters. The molecule has 0 aliphatic carbocycles. The second-order valence-electron chi connectivity index (χ2n) is 12.0. The van der Waals surface area contributed by atoms with E-state index in [1.54, 1.807) is 22.6 Å².